The Bertz CT molecular complexity index is 648. The van der Waals surface area contributed by atoms with Crippen LogP contribution in [-0.4, -0.2) is 36.4 Å². The van der Waals surface area contributed by atoms with Crippen molar-refractivity contribution in [1.29, 1.82) is 0 Å². The minimum absolute atomic E-state index is 0.0192. The quantitative estimate of drug-likeness (QED) is 0.794. The Morgan fingerprint density at radius 1 is 1.04 bits per heavy atom. The molecule has 0 saturated carbocycles. The molecule has 0 unspecified atom stereocenters. The van der Waals surface area contributed by atoms with Gasteiger partial charge in [-0.3, -0.25) is 9.59 Å². The lowest BCUT2D eigenvalue weighted by molar-refractivity contribution is -0.121. The highest BCUT2D eigenvalue weighted by molar-refractivity contribution is 6.52. The molecule has 6 heteroatoms. The Morgan fingerprint density at radius 3 is 2.30 bits per heavy atom. The summed E-state index contributed by atoms with van der Waals surface area (Å²) < 4.78 is 5.38. The van der Waals surface area contributed by atoms with Crippen molar-refractivity contribution in [3.8, 4) is 5.75 Å². The number of carbonyl (C=O) groups is 2. The van der Waals surface area contributed by atoms with Crippen LogP contribution < -0.4 is 9.64 Å². The molecular weight excluding hydrogens is 316 g/mol. The molecule has 3 rings (SSSR count). The minimum atomic E-state index is -0.457. The van der Waals surface area contributed by atoms with E-state index in [2.05, 4.69) is 0 Å². The SMILES string of the molecule is CCOc1ccc(N2C(=O)C(Cl)=C(N3CCCCC3)C2=O)cc1. The Labute approximate surface area is 140 Å². The van der Waals surface area contributed by atoms with Crippen molar-refractivity contribution in [2.75, 3.05) is 24.6 Å². The summed E-state index contributed by atoms with van der Waals surface area (Å²) in [5.74, 6) is -0.0990. The van der Waals surface area contributed by atoms with Crippen LogP contribution in [0.3, 0.4) is 0 Å². The molecule has 0 spiro atoms. The van der Waals surface area contributed by atoms with Gasteiger partial charge in [0.15, 0.2) is 0 Å². The molecule has 1 saturated heterocycles. The van der Waals surface area contributed by atoms with E-state index in [0.717, 1.165) is 37.3 Å². The van der Waals surface area contributed by atoms with Crippen molar-refractivity contribution in [2.45, 2.75) is 26.2 Å². The zero-order valence-corrected chi connectivity index (χ0v) is 13.8. The molecule has 122 valence electrons. The highest BCUT2D eigenvalue weighted by atomic mass is 35.5. The maximum atomic E-state index is 12.7. The van der Waals surface area contributed by atoms with Crippen LogP contribution in [0.4, 0.5) is 5.69 Å². The molecular formula is C17H19ClN2O3. The van der Waals surface area contributed by atoms with Gasteiger partial charge in [0, 0.05) is 13.1 Å². The maximum absolute atomic E-state index is 12.7. The van der Waals surface area contributed by atoms with Crippen LogP contribution in [0.1, 0.15) is 26.2 Å². The summed E-state index contributed by atoms with van der Waals surface area (Å²) in [7, 11) is 0. The molecule has 5 nitrogen and oxygen atoms in total. The number of halogens is 1. The lowest BCUT2D eigenvalue weighted by Crippen LogP contribution is -2.37. The first-order valence-electron chi connectivity index (χ1n) is 7.90. The van der Waals surface area contributed by atoms with Gasteiger partial charge in [-0.2, -0.15) is 0 Å². The maximum Gasteiger partial charge on any atom is 0.283 e. The summed E-state index contributed by atoms with van der Waals surface area (Å²) in [6, 6.07) is 6.88. The molecule has 2 heterocycles. The third-order valence-electron chi connectivity index (χ3n) is 4.08. The monoisotopic (exact) mass is 334 g/mol. The molecule has 0 N–H and O–H groups in total. The molecule has 0 radical (unpaired) electrons. The first-order chi connectivity index (χ1) is 11.1. The number of hydrogen-bond donors (Lipinski definition) is 0. The zero-order chi connectivity index (χ0) is 16.4. The highest BCUT2D eigenvalue weighted by Gasteiger charge is 2.41. The molecule has 0 bridgehead atoms. The minimum Gasteiger partial charge on any atom is -0.494 e. The molecule has 23 heavy (non-hydrogen) atoms. The number of rotatable bonds is 4. The van der Waals surface area contributed by atoms with Crippen LogP contribution in [0, 0.1) is 0 Å². The summed E-state index contributed by atoms with van der Waals surface area (Å²) in [5.41, 5.74) is 0.846. The van der Waals surface area contributed by atoms with E-state index in [9.17, 15) is 9.59 Å². The predicted molar refractivity (Wildman–Crippen MR) is 88.4 cm³/mol. The van der Waals surface area contributed by atoms with E-state index < -0.39 is 5.91 Å². The fraction of sp³-hybridized carbons (Fsp3) is 0.412. The van der Waals surface area contributed by atoms with Gasteiger partial charge in [-0.25, -0.2) is 4.90 Å². The topological polar surface area (TPSA) is 49.9 Å². The molecule has 2 amide bonds. The predicted octanol–water partition coefficient (Wildman–Crippen LogP) is 2.89. The van der Waals surface area contributed by atoms with Gasteiger partial charge in [-0.1, -0.05) is 11.6 Å². The van der Waals surface area contributed by atoms with Crippen LogP contribution in [0.25, 0.3) is 0 Å². The van der Waals surface area contributed by atoms with Crippen molar-refractivity contribution in [3.63, 3.8) is 0 Å². The summed E-state index contributed by atoms with van der Waals surface area (Å²) in [6.07, 6.45) is 3.17. The first-order valence-corrected chi connectivity index (χ1v) is 8.27. The Hall–Kier alpha value is -2.01. The van der Waals surface area contributed by atoms with Gasteiger partial charge < -0.3 is 9.64 Å². The normalized spacial score (nSPS) is 18.9. The van der Waals surface area contributed by atoms with E-state index in [-0.39, 0.29) is 10.9 Å². The standard InChI is InChI=1S/C17H19ClN2O3/c1-2-23-13-8-6-12(7-9-13)20-16(21)14(18)15(17(20)22)19-10-4-3-5-11-19/h6-9H,2-5,10-11H2,1H3. The summed E-state index contributed by atoms with van der Waals surface area (Å²) in [6.45, 7) is 3.99. The molecule has 2 aliphatic heterocycles. The number of nitrogens with zero attached hydrogens (tertiary/aromatic N) is 2. The molecule has 1 aromatic rings. The zero-order valence-electron chi connectivity index (χ0n) is 13.0. The second-order valence-electron chi connectivity index (χ2n) is 5.58. The number of piperidine rings is 1. The largest absolute Gasteiger partial charge is 0.494 e. The molecule has 0 aromatic heterocycles. The smallest absolute Gasteiger partial charge is 0.283 e. The van der Waals surface area contributed by atoms with Gasteiger partial charge in [-0.15, -0.1) is 0 Å². The van der Waals surface area contributed by atoms with Gasteiger partial charge in [-0.05, 0) is 50.5 Å². The van der Waals surface area contributed by atoms with E-state index in [0.29, 0.717) is 23.7 Å². The fourth-order valence-corrected chi connectivity index (χ4v) is 3.26. The molecule has 2 aliphatic rings. The number of imide groups is 1. The number of amides is 2. The van der Waals surface area contributed by atoms with Crippen molar-refractivity contribution in [1.82, 2.24) is 4.90 Å². The van der Waals surface area contributed by atoms with Gasteiger partial charge >= 0.3 is 0 Å². The Kier molecular flexibility index (Phi) is 4.57. The highest BCUT2D eigenvalue weighted by Crippen LogP contribution is 2.33. The number of benzene rings is 1. The number of hydrogen-bond acceptors (Lipinski definition) is 4. The second-order valence-corrected chi connectivity index (χ2v) is 5.96. The van der Waals surface area contributed by atoms with E-state index in [4.69, 9.17) is 16.3 Å². The van der Waals surface area contributed by atoms with Gasteiger partial charge in [0.25, 0.3) is 11.8 Å². The average Bonchev–Trinajstić information content (AvgIpc) is 2.79. The van der Waals surface area contributed by atoms with Gasteiger partial charge in [0.1, 0.15) is 16.5 Å². The molecule has 0 aliphatic carbocycles. The Morgan fingerprint density at radius 2 is 1.70 bits per heavy atom. The van der Waals surface area contributed by atoms with Crippen LogP contribution in [0.15, 0.2) is 35.0 Å². The van der Waals surface area contributed by atoms with E-state index in [1.54, 1.807) is 24.3 Å². The van der Waals surface area contributed by atoms with Crippen LogP contribution in [0.5, 0.6) is 5.75 Å². The fourth-order valence-electron chi connectivity index (χ4n) is 2.98. The lowest BCUT2D eigenvalue weighted by Gasteiger charge is -2.29. The molecule has 1 fully saturated rings. The number of likely N-dealkylation sites (tertiary alicyclic amines) is 1. The van der Waals surface area contributed by atoms with Crippen LogP contribution in [-0.2, 0) is 9.59 Å². The van der Waals surface area contributed by atoms with Crippen molar-refractivity contribution >= 4 is 29.1 Å². The summed E-state index contributed by atoms with van der Waals surface area (Å²) in [5, 5.41) is 0.0192. The van der Waals surface area contributed by atoms with Gasteiger partial charge in [0.2, 0.25) is 0 Å². The average molecular weight is 335 g/mol. The van der Waals surface area contributed by atoms with E-state index in [1.165, 1.54) is 0 Å². The number of carbonyl (C=O) groups excluding carboxylic acids is 2. The van der Waals surface area contributed by atoms with E-state index in [1.807, 2.05) is 11.8 Å². The van der Waals surface area contributed by atoms with Crippen molar-refractivity contribution in [3.05, 3.63) is 35.0 Å². The van der Waals surface area contributed by atoms with Crippen molar-refractivity contribution in [2.24, 2.45) is 0 Å². The molecule has 0 atom stereocenters. The second kappa shape index (κ2) is 6.62. The van der Waals surface area contributed by atoms with E-state index >= 15 is 0 Å². The number of ether oxygens (including phenoxy) is 1. The van der Waals surface area contributed by atoms with Gasteiger partial charge in [0.05, 0.1) is 12.3 Å². The lowest BCUT2D eigenvalue weighted by atomic mass is 10.1. The summed E-state index contributed by atoms with van der Waals surface area (Å²) >= 11 is 6.18. The van der Waals surface area contributed by atoms with Crippen LogP contribution in [0.2, 0.25) is 0 Å². The first kappa shape index (κ1) is 15.9. The van der Waals surface area contributed by atoms with Crippen LogP contribution >= 0.6 is 11.6 Å². The Balaban J connectivity index is 1.85. The third-order valence-corrected chi connectivity index (χ3v) is 4.42. The third kappa shape index (κ3) is 2.93. The molecule has 1 aromatic carbocycles. The van der Waals surface area contributed by atoms with Crippen molar-refractivity contribution < 1.29 is 14.3 Å². The summed E-state index contributed by atoms with van der Waals surface area (Å²) in [4.78, 5) is 28.2. The number of anilines is 1.